The predicted molar refractivity (Wildman–Crippen MR) is 98.3 cm³/mol. The molecule has 1 aliphatic heterocycles. The highest BCUT2D eigenvalue weighted by molar-refractivity contribution is 6.35. The molecule has 0 bridgehead atoms. The maximum atomic E-state index is 12.6. The van der Waals surface area contributed by atoms with E-state index in [4.69, 9.17) is 27.9 Å². The number of aryl methyl sites for hydroxylation is 1. The number of carbonyl (C=O) groups is 1. The highest BCUT2D eigenvalue weighted by atomic mass is 35.5. The van der Waals surface area contributed by atoms with Gasteiger partial charge in [-0.25, -0.2) is 0 Å². The van der Waals surface area contributed by atoms with E-state index >= 15 is 0 Å². The largest absolute Gasteiger partial charge is 0.479 e. The Morgan fingerprint density at radius 1 is 1.28 bits per heavy atom. The minimum absolute atomic E-state index is 0.0227. The van der Waals surface area contributed by atoms with Crippen LogP contribution in [0.5, 0.6) is 5.75 Å². The van der Waals surface area contributed by atoms with Gasteiger partial charge in [-0.15, -0.1) is 0 Å². The van der Waals surface area contributed by atoms with Crippen LogP contribution < -0.4 is 4.74 Å². The first-order chi connectivity index (χ1) is 11.9. The molecule has 3 rings (SSSR count). The highest BCUT2D eigenvalue weighted by Gasteiger charge is 2.28. The average molecular weight is 382 g/mol. The summed E-state index contributed by atoms with van der Waals surface area (Å²) in [5.74, 6) is 0.855. The summed E-state index contributed by atoms with van der Waals surface area (Å²) < 4.78 is 7.55. The van der Waals surface area contributed by atoms with E-state index in [0.717, 1.165) is 18.5 Å². The van der Waals surface area contributed by atoms with Crippen molar-refractivity contribution < 1.29 is 9.53 Å². The molecule has 7 heteroatoms. The Kier molecular flexibility index (Phi) is 5.54. The molecule has 2 aromatic rings. The van der Waals surface area contributed by atoms with Crippen LogP contribution in [0.3, 0.4) is 0 Å². The molecule has 1 aromatic carbocycles. The van der Waals surface area contributed by atoms with Crippen LogP contribution in [0, 0.1) is 0 Å². The van der Waals surface area contributed by atoms with Crippen molar-refractivity contribution in [3.05, 3.63) is 46.2 Å². The molecule has 5 nitrogen and oxygen atoms in total. The number of likely N-dealkylation sites (tertiary alicyclic amines) is 1. The van der Waals surface area contributed by atoms with Gasteiger partial charge < -0.3 is 9.64 Å². The standard InChI is InChI=1S/C18H21Cl2N3O2/c1-12(25-17-4-3-14(19)11-15(17)20)18(24)23-9-5-13(6-10-23)16-7-8-22(2)21-16/h3-4,7-8,11-13H,5-6,9-10H2,1-2H3/t12-/m1/s1. The van der Waals surface area contributed by atoms with Crippen molar-refractivity contribution in [3.8, 4) is 5.75 Å². The van der Waals surface area contributed by atoms with E-state index in [9.17, 15) is 4.79 Å². The molecule has 0 radical (unpaired) electrons. The summed E-state index contributed by atoms with van der Waals surface area (Å²) in [5.41, 5.74) is 1.10. The molecule has 2 heterocycles. The first-order valence-corrected chi connectivity index (χ1v) is 9.09. The Balaban J connectivity index is 1.56. The second-order valence-electron chi connectivity index (χ2n) is 6.35. The molecule has 1 amide bonds. The van der Waals surface area contributed by atoms with Crippen molar-refractivity contribution in [1.29, 1.82) is 0 Å². The van der Waals surface area contributed by atoms with Crippen molar-refractivity contribution in [3.63, 3.8) is 0 Å². The zero-order valence-corrected chi connectivity index (χ0v) is 15.8. The first kappa shape index (κ1) is 18.1. The quantitative estimate of drug-likeness (QED) is 0.806. The number of amides is 1. The van der Waals surface area contributed by atoms with Gasteiger partial charge in [0.15, 0.2) is 6.10 Å². The number of aromatic nitrogens is 2. The van der Waals surface area contributed by atoms with Gasteiger partial charge in [-0.1, -0.05) is 23.2 Å². The molecule has 0 saturated carbocycles. The Morgan fingerprint density at radius 2 is 2.00 bits per heavy atom. The van der Waals surface area contributed by atoms with Crippen molar-refractivity contribution >= 4 is 29.1 Å². The molecule has 1 aliphatic rings. The lowest BCUT2D eigenvalue weighted by Gasteiger charge is -2.33. The smallest absolute Gasteiger partial charge is 0.263 e. The Bertz CT molecular complexity index is 755. The van der Waals surface area contributed by atoms with Gasteiger partial charge in [0.05, 0.1) is 10.7 Å². The van der Waals surface area contributed by atoms with Gasteiger partial charge in [-0.05, 0) is 44.0 Å². The summed E-state index contributed by atoms with van der Waals surface area (Å²) in [6.45, 7) is 3.17. The van der Waals surface area contributed by atoms with Crippen LogP contribution >= 0.6 is 23.2 Å². The number of carbonyl (C=O) groups excluding carboxylic acids is 1. The summed E-state index contributed by atoms with van der Waals surface area (Å²) in [6, 6.07) is 7.03. The molecule has 0 N–H and O–H groups in total. The van der Waals surface area contributed by atoms with Gasteiger partial charge in [0.25, 0.3) is 5.91 Å². The fourth-order valence-electron chi connectivity index (χ4n) is 3.12. The zero-order chi connectivity index (χ0) is 18.0. The normalized spacial score (nSPS) is 16.7. The van der Waals surface area contributed by atoms with Crippen molar-refractivity contribution in [2.75, 3.05) is 13.1 Å². The molecule has 0 unspecified atom stereocenters. The van der Waals surface area contributed by atoms with Crippen molar-refractivity contribution in [2.45, 2.75) is 31.8 Å². The van der Waals surface area contributed by atoms with E-state index in [1.807, 2.05) is 22.8 Å². The first-order valence-electron chi connectivity index (χ1n) is 8.34. The second kappa shape index (κ2) is 7.67. The SMILES string of the molecule is C[C@@H](Oc1ccc(Cl)cc1Cl)C(=O)N1CCC(c2ccn(C)n2)CC1. The predicted octanol–water partition coefficient (Wildman–Crippen LogP) is 3.90. The lowest BCUT2D eigenvalue weighted by atomic mass is 9.93. The molecule has 0 spiro atoms. The molecular weight excluding hydrogens is 361 g/mol. The molecule has 134 valence electrons. The number of hydrogen-bond donors (Lipinski definition) is 0. The monoisotopic (exact) mass is 381 g/mol. The molecular formula is C18H21Cl2N3O2. The van der Waals surface area contributed by atoms with E-state index in [0.29, 0.717) is 34.8 Å². The van der Waals surface area contributed by atoms with Crippen LogP contribution in [0.4, 0.5) is 0 Å². The van der Waals surface area contributed by atoms with E-state index < -0.39 is 6.10 Å². The van der Waals surface area contributed by atoms with Crippen molar-refractivity contribution in [1.82, 2.24) is 14.7 Å². The van der Waals surface area contributed by atoms with Gasteiger partial charge in [0, 0.05) is 37.3 Å². The third kappa shape index (κ3) is 4.28. The minimum Gasteiger partial charge on any atom is -0.479 e. The number of piperidine rings is 1. The van der Waals surface area contributed by atoms with Gasteiger partial charge in [-0.3, -0.25) is 9.48 Å². The summed E-state index contributed by atoms with van der Waals surface area (Å²) in [4.78, 5) is 14.5. The summed E-state index contributed by atoms with van der Waals surface area (Å²) in [7, 11) is 1.92. The van der Waals surface area contributed by atoms with Crippen LogP contribution in [-0.4, -0.2) is 39.8 Å². The lowest BCUT2D eigenvalue weighted by molar-refractivity contribution is -0.139. The number of halogens is 2. The Hall–Kier alpha value is -1.72. The molecule has 0 aliphatic carbocycles. The number of rotatable bonds is 4. The molecule has 1 atom stereocenters. The summed E-state index contributed by atoms with van der Waals surface area (Å²) >= 11 is 12.0. The third-order valence-corrected chi connectivity index (χ3v) is 5.04. The summed E-state index contributed by atoms with van der Waals surface area (Å²) in [5, 5.41) is 5.41. The van der Waals surface area contributed by atoms with Gasteiger partial charge in [0.2, 0.25) is 0 Å². The van der Waals surface area contributed by atoms with Crippen LogP contribution in [0.15, 0.2) is 30.5 Å². The highest BCUT2D eigenvalue weighted by Crippen LogP contribution is 2.30. The van der Waals surface area contributed by atoms with Crippen molar-refractivity contribution in [2.24, 2.45) is 7.05 Å². The van der Waals surface area contributed by atoms with E-state index in [1.54, 1.807) is 25.1 Å². The topological polar surface area (TPSA) is 47.4 Å². The maximum Gasteiger partial charge on any atom is 0.263 e. The fraction of sp³-hybridized carbons (Fsp3) is 0.444. The van der Waals surface area contributed by atoms with E-state index in [-0.39, 0.29) is 5.91 Å². The van der Waals surface area contributed by atoms with E-state index in [1.165, 1.54) is 0 Å². The maximum absolute atomic E-state index is 12.6. The van der Waals surface area contributed by atoms with Crippen LogP contribution in [-0.2, 0) is 11.8 Å². The Morgan fingerprint density at radius 3 is 2.60 bits per heavy atom. The van der Waals surface area contributed by atoms with Gasteiger partial charge >= 0.3 is 0 Å². The number of benzene rings is 1. The molecule has 1 aromatic heterocycles. The number of nitrogens with zero attached hydrogens (tertiary/aromatic N) is 3. The van der Waals surface area contributed by atoms with Crippen LogP contribution in [0.25, 0.3) is 0 Å². The molecule has 1 fully saturated rings. The van der Waals surface area contributed by atoms with Crippen LogP contribution in [0.2, 0.25) is 10.0 Å². The number of ether oxygens (including phenoxy) is 1. The fourth-order valence-corrected chi connectivity index (χ4v) is 3.57. The van der Waals surface area contributed by atoms with Gasteiger partial charge in [0.1, 0.15) is 5.75 Å². The molecule has 25 heavy (non-hydrogen) atoms. The summed E-state index contributed by atoms with van der Waals surface area (Å²) in [6.07, 6.45) is 3.19. The average Bonchev–Trinajstić information content (AvgIpc) is 3.03. The van der Waals surface area contributed by atoms with Gasteiger partial charge in [-0.2, -0.15) is 5.10 Å². The second-order valence-corrected chi connectivity index (χ2v) is 7.19. The van der Waals surface area contributed by atoms with E-state index in [2.05, 4.69) is 11.2 Å². The lowest BCUT2D eigenvalue weighted by Crippen LogP contribution is -2.44. The third-order valence-electron chi connectivity index (χ3n) is 4.50. The zero-order valence-electron chi connectivity index (χ0n) is 14.3. The molecule has 1 saturated heterocycles. The number of hydrogen-bond acceptors (Lipinski definition) is 3. The Labute approximate surface area is 157 Å². The van der Waals surface area contributed by atoms with Crippen LogP contribution in [0.1, 0.15) is 31.4 Å². The minimum atomic E-state index is -0.593.